The van der Waals surface area contributed by atoms with E-state index in [1.807, 2.05) is 0 Å². The molecule has 1 heterocycles. The first-order valence-corrected chi connectivity index (χ1v) is 6.23. The summed E-state index contributed by atoms with van der Waals surface area (Å²) < 4.78 is 1.76. The molecule has 0 fully saturated rings. The van der Waals surface area contributed by atoms with Crippen molar-refractivity contribution in [2.24, 2.45) is 0 Å². The molecule has 4 nitrogen and oxygen atoms in total. The minimum Gasteiger partial charge on any atom is -0.478 e. The Morgan fingerprint density at radius 3 is 2.21 bits per heavy atom. The lowest BCUT2D eigenvalue weighted by Crippen LogP contribution is -2.06. The van der Waals surface area contributed by atoms with Crippen LogP contribution in [0, 0.1) is 27.7 Å². The highest BCUT2D eigenvalue weighted by molar-refractivity contribution is 5.90. The van der Waals surface area contributed by atoms with Crippen LogP contribution in [0.25, 0.3) is 0 Å². The maximum Gasteiger partial charge on any atom is 0.339 e. The maximum absolute atomic E-state index is 11.2. The average Bonchev–Trinajstić information content (AvgIpc) is 2.52. The Labute approximate surface area is 112 Å². The van der Waals surface area contributed by atoms with Gasteiger partial charge in [0, 0.05) is 0 Å². The van der Waals surface area contributed by atoms with Gasteiger partial charge in [-0.15, -0.1) is 0 Å². The van der Waals surface area contributed by atoms with Crippen molar-refractivity contribution in [2.75, 3.05) is 0 Å². The van der Waals surface area contributed by atoms with Gasteiger partial charge in [-0.25, -0.2) is 4.79 Å². The van der Waals surface area contributed by atoms with Gasteiger partial charge in [0.1, 0.15) is 5.56 Å². The van der Waals surface area contributed by atoms with E-state index in [1.54, 1.807) is 18.5 Å². The molecule has 0 radical (unpaired) electrons. The van der Waals surface area contributed by atoms with E-state index in [2.05, 4.69) is 37.1 Å². The molecule has 1 N–H and O–H groups in total. The number of carboxylic acids is 1. The Balaban J connectivity index is 2.39. The van der Waals surface area contributed by atoms with Crippen LogP contribution >= 0.6 is 0 Å². The molecule has 0 bridgehead atoms. The van der Waals surface area contributed by atoms with E-state index in [-0.39, 0.29) is 0 Å². The summed E-state index contributed by atoms with van der Waals surface area (Å²) in [6.45, 7) is 8.24. The van der Waals surface area contributed by atoms with Crippen molar-refractivity contribution in [3.8, 4) is 0 Å². The largest absolute Gasteiger partial charge is 0.478 e. The first-order valence-electron chi connectivity index (χ1n) is 6.23. The summed E-state index contributed by atoms with van der Waals surface area (Å²) in [5.74, 6) is -0.915. The molecule has 0 amide bonds. The lowest BCUT2D eigenvalue weighted by molar-refractivity contribution is 0.0695. The van der Waals surface area contributed by atoms with Gasteiger partial charge in [-0.3, -0.25) is 4.68 Å². The van der Waals surface area contributed by atoms with Gasteiger partial charge < -0.3 is 5.11 Å². The minimum atomic E-state index is -0.915. The van der Waals surface area contributed by atoms with Crippen LogP contribution in [0.5, 0.6) is 0 Å². The number of hydrogen-bond acceptors (Lipinski definition) is 2. The molecule has 0 saturated heterocycles. The molecule has 0 aliphatic heterocycles. The third kappa shape index (κ3) is 2.67. The molecule has 4 heteroatoms. The van der Waals surface area contributed by atoms with E-state index >= 15 is 0 Å². The molecular weight excluding hydrogens is 240 g/mol. The Bertz CT molecular complexity index is 622. The number of aryl methyl sites for hydroxylation is 3. The number of carboxylic acid groups (broad SMARTS) is 1. The molecule has 100 valence electrons. The van der Waals surface area contributed by atoms with Gasteiger partial charge >= 0.3 is 5.97 Å². The second-order valence-electron chi connectivity index (χ2n) is 5.00. The van der Waals surface area contributed by atoms with Crippen molar-refractivity contribution in [3.05, 3.63) is 51.8 Å². The fourth-order valence-electron chi connectivity index (χ4n) is 2.49. The SMILES string of the molecule is Cc1cc(C)cc(Cn2nc(C)c(C(=O)O)c2C)c1. The van der Waals surface area contributed by atoms with Crippen LogP contribution in [0.4, 0.5) is 0 Å². The van der Waals surface area contributed by atoms with Gasteiger partial charge in [-0.1, -0.05) is 29.3 Å². The summed E-state index contributed by atoms with van der Waals surface area (Å²) in [5.41, 5.74) is 5.12. The second kappa shape index (κ2) is 4.88. The molecule has 0 unspecified atom stereocenters. The van der Waals surface area contributed by atoms with Crippen LogP contribution in [0.1, 0.15) is 38.4 Å². The van der Waals surface area contributed by atoms with E-state index in [9.17, 15) is 4.79 Å². The molecular formula is C15H18N2O2. The smallest absolute Gasteiger partial charge is 0.339 e. The number of aromatic nitrogens is 2. The zero-order valence-electron chi connectivity index (χ0n) is 11.7. The molecule has 2 aromatic rings. The zero-order valence-corrected chi connectivity index (χ0v) is 11.7. The van der Waals surface area contributed by atoms with Crippen LogP contribution in [0.15, 0.2) is 18.2 Å². The molecule has 1 aromatic heterocycles. The van der Waals surface area contributed by atoms with Gasteiger partial charge in [-0.2, -0.15) is 5.10 Å². The van der Waals surface area contributed by atoms with Gasteiger partial charge in [0.2, 0.25) is 0 Å². The molecule has 0 atom stereocenters. The topological polar surface area (TPSA) is 55.1 Å². The van der Waals surface area contributed by atoms with Crippen molar-refractivity contribution >= 4 is 5.97 Å². The predicted octanol–water partition coefficient (Wildman–Crippen LogP) is 2.86. The minimum absolute atomic E-state index is 0.310. The van der Waals surface area contributed by atoms with Crippen molar-refractivity contribution in [3.63, 3.8) is 0 Å². The van der Waals surface area contributed by atoms with Crippen LogP contribution in [0.2, 0.25) is 0 Å². The summed E-state index contributed by atoms with van der Waals surface area (Å²) in [4.78, 5) is 11.2. The third-order valence-electron chi connectivity index (χ3n) is 3.21. The van der Waals surface area contributed by atoms with Gasteiger partial charge in [0.25, 0.3) is 0 Å². The average molecular weight is 258 g/mol. The second-order valence-corrected chi connectivity index (χ2v) is 5.00. The number of hydrogen-bond donors (Lipinski definition) is 1. The summed E-state index contributed by atoms with van der Waals surface area (Å²) in [6.07, 6.45) is 0. The Morgan fingerprint density at radius 2 is 1.74 bits per heavy atom. The third-order valence-corrected chi connectivity index (χ3v) is 3.21. The summed E-state index contributed by atoms with van der Waals surface area (Å²) in [5, 5.41) is 13.5. The summed E-state index contributed by atoms with van der Waals surface area (Å²) in [6, 6.07) is 6.32. The Hall–Kier alpha value is -2.10. The number of aromatic carboxylic acids is 1. The monoisotopic (exact) mass is 258 g/mol. The molecule has 19 heavy (non-hydrogen) atoms. The van der Waals surface area contributed by atoms with Crippen LogP contribution in [-0.4, -0.2) is 20.9 Å². The van der Waals surface area contributed by atoms with Crippen molar-refractivity contribution in [1.82, 2.24) is 9.78 Å². The normalized spacial score (nSPS) is 10.7. The van der Waals surface area contributed by atoms with Crippen molar-refractivity contribution < 1.29 is 9.90 Å². The molecule has 0 saturated carbocycles. The highest BCUT2D eigenvalue weighted by Gasteiger charge is 2.17. The van der Waals surface area contributed by atoms with Crippen LogP contribution in [-0.2, 0) is 6.54 Å². The number of rotatable bonds is 3. The van der Waals surface area contributed by atoms with Crippen LogP contribution in [0.3, 0.4) is 0 Å². The zero-order chi connectivity index (χ0) is 14.2. The first kappa shape index (κ1) is 13.3. The molecule has 0 spiro atoms. The number of carbonyl (C=O) groups is 1. The van der Waals surface area contributed by atoms with E-state index < -0.39 is 5.97 Å². The molecule has 0 aliphatic carbocycles. The predicted molar refractivity (Wildman–Crippen MR) is 73.7 cm³/mol. The quantitative estimate of drug-likeness (QED) is 0.921. The van der Waals surface area contributed by atoms with Gasteiger partial charge in [0.05, 0.1) is 17.9 Å². The lowest BCUT2D eigenvalue weighted by atomic mass is 10.1. The Kier molecular flexibility index (Phi) is 3.42. The standard InChI is InChI=1S/C15H18N2O2/c1-9-5-10(2)7-13(6-9)8-17-12(4)14(15(18)19)11(3)16-17/h5-7H,8H2,1-4H3,(H,18,19). The summed E-state index contributed by atoms with van der Waals surface area (Å²) in [7, 11) is 0. The molecule has 2 rings (SSSR count). The van der Waals surface area contributed by atoms with E-state index in [0.29, 0.717) is 23.5 Å². The Morgan fingerprint density at radius 1 is 1.16 bits per heavy atom. The molecule has 0 aliphatic rings. The van der Waals surface area contributed by atoms with Gasteiger partial charge in [0.15, 0.2) is 0 Å². The molecule has 1 aromatic carbocycles. The fourth-order valence-corrected chi connectivity index (χ4v) is 2.49. The maximum atomic E-state index is 11.2. The number of nitrogens with zero attached hydrogens (tertiary/aromatic N) is 2. The van der Waals surface area contributed by atoms with Crippen LogP contribution < -0.4 is 0 Å². The van der Waals surface area contributed by atoms with E-state index in [0.717, 1.165) is 5.56 Å². The highest BCUT2D eigenvalue weighted by Crippen LogP contribution is 2.16. The van der Waals surface area contributed by atoms with E-state index in [1.165, 1.54) is 11.1 Å². The first-order chi connectivity index (χ1) is 8.88. The van der Waals surface area contributed by atoms with Crippen molar-refractivity contribution in [1.29, 1.82) is 0 Å². The van der Waals surface area contributed by atoms with Crippen molar-refractivity contribution in [2.45, 2.75) is 34.2 Å². The fraction of sp³-hybridized carbons (Fsp3) is 0.333. The van der Waals surface area contributed by atoms with E-state index in [4.69, 9.17) is 5.11 Å². The lowest BCUT2D eigenvalue weighted by Gasteiger charge is -2.07. The van der Waals surface area contributed by atoms with Gasteiger partial charge in [-0.05, 0) is 33.3 Å². The number of benzene rings is 1. The highest BCUT2D eigenvalue weighted by atomic mass is 16.4. The summed E-state index contributed by atoms with van der Waals surface area (Å²) >= 11 is 0.